The molecule has 1 unspecified atom stereocenters. The van der Waals surface area contributed by atoms with Crippen LogP contribution in [-0.2, 0) is 9.53 Å². The summed E-state index contributed by atoms with van der Waals surface area (Å²) >= 11 is 0. The number of hydrogen-bond donors (Lipinski definition) is 0. The molecule has 1 aliphatic rings. The van der Waals surface area contributed by atoms with Crippen LogP contribution in [-0.4, -0.2) is 42.5 Å². The van der Waals surface area contributed by atoms with Gasteiger partial charge in [-0.1, -0.05) is 38.7 Å². The number of carbonyl (C=O) groups excluding carboxylic acids is 1. The van der Waals surface area contributed by atoms with Crippen molar-refractivity contribution in [3.05, 3.63) is 12.2 Å². The van der Waals surface area contributed by atoms with Crippen molar-refractivity contribution in [2.24, 2.45) is 0 Å². The molecule has 1 rings (SSSR count). The number of hydrogen-bond acceptors (Lipinski definition) is 4. The Hall–Kier alpha value is -1.18. The van der Waals surface area contributed by atoms with Gasteiger partial charge >= 0.3 is 0 Å². The zero-order chi connectivity index (χ0) is 16.3. The van der Waals surface area contributed by atoms with E-state index in [1.807, 2.05) is 6.08 Å². The van der Waals surface area contributed by atoms with Gasteiger partial charge in [-0.3, -0.25) is 9.69 Å². The zero-order valence-electron chi connectivity index (χ0n) is 14.1. The normalized spacial score (nSPS) is 19.0. The maximum Gasteiger partial charge on any atom is 0.135 e. The molecule has 4 nitrogen and oxygen atoms in total. The molecule has 22 heavy (non-hydrogen) atoms. The van der Waals surface area contributed by atoms with Gasteiger partial charge in [-0.15, -0.1) is 0 Å². The standard InChI is InChI=1S/C18H30N2O2/c1-3-4-5-6-7-9-17(21)16-18(2,10-8-11-19)20-12-14-22-15-13-20/h8,10H,3-7,9,12-16H2,1-2H3. The number of morpholine rings is 1. The molecule has 0 spiro atoms. The van der Waals surface area contributed by atoms with Gasteiger partial charge in [0.15, 0.2) is 0 Å². The fourth-order valence-electron chi connectivity index (χ4n) is 2.98. The van der Waals surface area contributed by atoms with E-state index >= 15 is 0 Å². The Balaban J connectivity index is 2.51. The molecule has 0 amide bonds. The third kappa shape index (κ3) is 6.72. The molecular formula is C18H30N2O2. The van der Waals surface area contributed by atoms with Crippen molar-refractivity contribution in [2.45, 2.75) is 64.3 Å². The fraction of sp³-hybridized carbons (Fsp3) is 0.778. The van der Waals surface area contributed by atoms with Crippen LogP contribution in [0.3, 0.4) is 0 Å². The number of unbranched alkanes of at least 4 members (excludes halogenated alkanes) is 4. The molecular weight excluding hydrogens is 276 g/mol. The third-order valence-electron chi connectivity index (χ3n) is 4.36. The van der Waals surface area contributed by atoms with E-state index in [-0.39, 0.29) is 5.54 Å². The summed E-state index contributed by atoms with van der Waals surface area (Å²) in [5.74, 6) is 0.299. The van der Waals surface area contributed by atoms with Crippen molar-refractivity contribution in [3.63, 3.8) is 0 Å². The molecule has 0 aliphatic carbocycles. The smallest absolute Gasteiger partial charge is 0.135 e. The van der Waals surface area contributed by atoms with Gasteiger partial charge in [-0.05, 0) is 13.3 Å². The van der Waals surface area contributed by atoms with Gasteiger partial charge in [0.1, 0.15) is 5.78 Å². The SMILES string of the molecule is CCCCCCCC(=O)CC(C)(C=CC#N)N1CCOCC1. The highest BCUT2D eigenvalue weighted by molar-refractivity contribution is 5.79. The Morgan fingerprint density at radius 1 is 1.27 bits per heavy atom. The molecule has 0 aromatic heterocycles. The second kappa shape index (κ2) is 10.5. The Morgan fingerprint density at radius 3 is 2.59 bits per heavy atom. The van der Waals surface area contributed by atoms with E-state index in [9.17, 15) is 4.79 Å². The molecule has 0 saturated carbocycles. The Morgan fingerprint density at radius 2 is 1.95 bits per heavy atom. The number of carbonyl (C=O) groups is 1. The van der Waals surface area contributed by atoms with Crippen LogP contribution in [0.2, 0.25) is 0 Å². The summed E-state index contributed by atoms with van der Waals surface area (Å²) < 4.78 is 5.39. The van der Waals surface area contributed by atoms with Crippen molar-refractivity contribution >= 4 is 5.78 Å². The summed E-state index contributed by atoms with van der Waals surface area (Å²) in [7, 11) is 0. The molecule has 1 saturated heterocycles. The lowest BCUT2D eigenvalue weighted by molar-refractivity contribution is -0.122. The van der Waals surface area contributed by atoms with E-state index in [4.69, 9.17) is 10.00 Å². The highest BCUT2D eigenvalue weighted by Gasteiger charge is 2.32. The Bertz CT molecular complexity index is 394. The quantitative estimate of drug-likeness (QED) is 0.458. The minimum Gasteiger partial charge on any atom is -0.379 e. The van der Waals surface area contributed by atoms with Crippen molar-refractivity contribution < 1.29 is 9.53 Å². The molecule has 0 N–H and O–H groups in total. The first kappa shape index (κ1) is 18.9. The lowest BCUT2D eigenvalue weighted by Gasteiger charge is -2.41. The maximum absolute atomic E-state index is 12.3. The van der Waals surface area contributed by atoms with Crippen LogP contribution in [0.5, 0.6) is 0 Å². The number of Topliss-reactive ketones (excluding diaryl/α,β-unsaturated/α-hetero) is 1. The van der Waals surface area contributed by atoms with E-state index in [2.05, 4.69) is 24.8 Å². The molecule has 1 fully saturated rings. The van der Waals surface area contributed by atoms with Crippen molar-refractivity contribution in [2.75, 3.05) is 26.3 Å². The van der Waals surface area contributed by atoms with Gasteiger partial charge in [-0.2, -0.15) is 5.26 Å². The molecule has 0 aromatic carbocycles. The fourth-order valence-corrected chi connectivity index (χ4v) is 2.98. The first-order chi connectivity index (χ1) is 10.6. The number of ketones is 1. The molecule has 0 aromatic rings. The second-order valence-electron chi connectivity index (χ2n) is 6.30. The van der Waals surface area contributed by atoms with Gasteiger partial charge in [0, 0.05) is 37.5 Å². The largest absolute Gasteiger partial charge is 0.379 e. The molecule has 1 heterocycles. The molecule has 124 valence electrons. The van der Waals surface area contributed by atoms with Crippen molar-refractivity contribution in [3.8, 4) is 6.07 Å². The summed E-state index contributed by atoms with van der Waals surface area (Å²) in [6, 6.07) is 2.05. The van der Waals surface area contributed by atoms with Crippen molar-refractivity contribution in [1.29, 1.82) is 5.26 Å². The van der Waals surface area contributed by atoms with Crippen LogP contribution in [0, 0.1) is 11.3 Å². The number of nitriles is 1. The van der Waals surface area contributed by atoms with E-state index in [0.717, 1.165) is 25.9 Å². The van der Waals surface area contributed by atoms with Gasteiger partial charge in [0.25, 0.3) is 0 Å². The third-order valence-corrected chi connectivity index (χ3v) is 4.36. The number of ether oxygens (including phenoxy) is 1. The van der Waals surface area contributed by atoms with Gasteiger partial charge < -0.3 is 4.74 Å². The topological polar surface area (TPSA) is 53.3 Å². The first-order valence-electron chi connectivity index (χ1n) is 8.54. The average Bonchev–Trinajstić information content (AvgIpc) is 2.53. The monoisotopic (exact) mass is 306 g/mol. The van der Waals surface area contributed by atoms with Gasteiger partial charge in [0.05, 0.1) is 19.3 Å². The summed E-state index contributed by atoms with van der Waals surface area (Å²) in [6.45, 7) is 7.27. The minimum atomic E-state index is -0.361. The lowest BCUT2D eigenvalue weighted by Crippen LogP contribution is -2.51. The molecule has 0 bridgehead atoms. The van der Waals surface area contributed by atoms with E-state index in [1.54, 1.807) is 0 Å². The maximum atomic E-state index is 12.3. The summed E-state index contributed by atoms with van der Waals surface area (Å²) in [4.78, 5) is 14.6. The number of rotatable bonds is 10. The number of allylic oxidation sites excluding steroid dienone is 1. The van der Waals surface area contributed by atoms with E-state index in [0.29, 0.717) is 31.8 Å². The highest BCUT2D eigenvalue weighted by atomic mass is 16.5. The average molecular weight is 306 g/mol. The van der Waals surface area contributed by atoms with E-state index in [1.165, 1.54) is 25.3 Å². The minimum absolute atomic E-state index is 0.299. The van der Waals surface area contributed by atoms with Gasteiger partial charge in [0.2, 0.25) is 0 Å². The van der Waals surface area contributed by atoms with Crippen LogP contribution in [0.15, 0.2) is 12.2 Å². The van der Waals surface area contributed by atoms with Gasteiger partial charge in [-0.25, -0.2) is 0 Å². The predicted octanol–water partition coefficient (Wildman–Crippen LogP) is 3.48. The van der Waals surface area contributed by atoms with Crippen LogP contribution in [0.4, 0.5) is 0 Å². The molecule has 1 atom stereocenters. The highest BCUT2D eigenvalue weighted by Crippen LogP contribution is 2.24. The second-order valence-corrected chi connectivity index (χ2v) is 6.30. The first-order valence-corrected chi connectivity index (χ1v) is 8.54. The summed E-state index contributed by atoms with van der Waals surface area (Å²) in [5.41, 5.74) is -0.361. The number of nitrogens with zero attached hydrogens (tertiary/aromatic N) is 2. The summed E-state index contributed by atoms with van der Waals surface area (Å²) in [5, 5.41) is 8.82. The Labute approximate surface area is 135 Å². The molecule has 4 heteroatoms. The molecule has 0 radical (unpaired) electrons. The zero-order valence-corrected chi connectivity index (χ0v) is 14.1. The van der Waals surface area contributed by atoms with Crippen LogP contribution >= 0.6 is 0 Å². The Kier molecular flexibility index (Phi) is 9.03. The molecule has 1 aliphatic heterocycles. The van der Waals surface area contributed by atoms with Crippen LogP contribution in [0.1, 0.15) is 58.8 Å². The van der Waals surface area contributed by atoms with Crippen LogP contribution < -0.4 is 0 Å². The predicted molar refractivity (Wildman–Crippen MR) is 88.6 cm³/mol. The van der Waals surface area contributed by atoms with Crippen molar-refractivity contribution in [1.82, 2.24) is 4.90 Å². The van der Waals surface area contributed by atoms with E-state index < -0.39 is 0 Å². The summed E-state index contributed by atoms with van der Waals surface area (Å²) in [6.07, 6.45) is 10.4. The van der Waals surface area contributed by atoms with Crippen LogP contribution in [0.25, 0.3) is 0 Å². The lowest BCUT2D eigenvalue weighted by atomic mass is 9.90.